The maximum absolute atomic E-state index is 12.5. The third kappa shape index (κ3) is 7.17. The number of ether oxygens (including phenoxy) is 2. The lowest BCUT2D eigenvalue weighted by atomic mass is 10.1. The van der Waals surface area contributed by atoms with Crippen LogP contribution >= 0.6 is 0 Å². The Kier molecular flexibility index (Phi) is 7.01. The molecular weight excluding hydrogens is 344 g/mol. The lowest BCUT2D eigenvalue weighted by Gasteiger charge is -2.29. The van der Waals surface area contributed by atoms with E-state index in [9.17, 15) is 24.6 Å². The zero-order valence-electron chi connectivity index (χ0n) is 16.2. The Labute approximate surface area is 153 Å². The first-order chi connectivity index (χ1) is 11.7. The van der Waals surface area contributed by atoms with E-state index in [-0.39, 0.29) is 19.6 Å². The van der Waals surface area contributed by atoms with Crippen molar-refractivity contribution in [3.8, 4) is 0 Å². The monoisotopic (exact) mass is 374 g/mol. The molecule has 3 N–H and O–H groups in total. The fraction of sp³-hybridized carbons (Fsp3) is 0.824. The van der Waals surface area contributed by atoms with Crippen LogP contribution in [0.1, 0.15) is 48.0 Å². The highest BCUT2D eigenvalue weighted by Crippen LogP contribution is 2.21. The number of aliphatic hydroxyl groups excluding tert-OH is 1. The normalized spacial score (nSPS) is 22.0. The molecule has 1 rings (SSSR count). The molecule has 9 heteroatoms. The lowest BCUT2D eigenvalue weighted by molar-refractivity contribution is -0.146. The highest BCUT2D eigenvalue weighted by Gasteiger charge is 2.42. The molecule has 2 amide bonds. The van der Waals surface area contributed by atoms with Gasteiger partial charge in [-0.2, -0.15) is 0 Å². The van der Waals surface area contributed by atoms with E-state index in [2.05, 4.69) is 5.32 Å². The topological polar surface area (TPSA) is 125 Å². The number of carbonyl (C=O) groups is 3. The van der Waals surface area contributed by atoms with Gasteiger partial charge in [0.05, 0.1) is 24.9 Å². The second-order valence-corrected chi connectivity index (χ2v) is 8.36. The molecule has 1 aliphatic rings. The molecule has 0 aromatic heterocycles. The minimum Gasteiger partial charge on any atom is -0.480 e. The van der Waals surface area contributed by atoms with E-state index in [1.165, 1.54) is 0 Å². The van der Waals surface area contributed by atoms with Crippen LogP contribution in [0.3, 0.4) is 0 Å². The van der Waals surface area contributed by atoms with Crippen molar-refractivity contribution in [2.75, 3.05) is 13.2 Å². The van der Waals surface area contributed by atoms with E-state index in [4.69, 9.17) is 9.47 Å². The Bertz CT molecular complexity index is 536. The van der Waals surface area contributed by atoms with Crippen molar-refractivity contribution < 1.29 is 34.1 Å². The van der Waals surface area contributed by atoms with Crippen LogP contribution in [-0.2, 0) is 19.1 Å². The Balaban J connectivity index is 2.80. The van der Waals surface area contributed by atoms with Gasteiger partial charge in [-0.3, -0.25) is 9.69 Å². The molecule has 1 saturated heterocycles. The predicted molar refractivity (Wildman–Crippen MR) is 92.6 cm³/mol. The van der Waals surface area contributed by atoms with Crippen molar-refractivity contribution in [2.24, 2.45) is 0 Å². The van der Waals surface area contributed by atoms with E-state index < -0.39 is 47.4 Å². The summed E-state index contributed by atoms with van der Waals surface area (Å²) in [6.07, 6.45) is -1.60. The van der Waals surface area contributed by atoms with Gasteiger partial charge in [-0.1, -0.05) is 0 Å². The molecule has 0 saturated carbocycles. The molecule has 1 heterocycles. The summed E-state index contributed by atoms with van der Waals surface area (Å²) >= 11 is 0. The maximum Gasteiger partial charge on any atom is 0.411 e. The van der Waals surface area contributed by atoms with Gasteiger partial charge < -0.3 is 25.0 Å². The van der Waals surface area contributed by atoms with Gasteiger partial charge in [-0.05, 0) is 41.5 Å². The summed E-state index contributed by atoms with van der Waals surface area (Å²) in [5, 5.41) is 21.5. The van der Waals surface area contributed by atoms with Crippen LogP contribution in [0, 0.1) is 0 Å². The van der Waals surface area contributed by atoms with Crippen molar-refractivity contribution in [1.82, 2.24) is 10.2 Å². The van der Waals surface area contributed by atoms with Crippen LogP contribution in [0.25, 0.3) is 0 Å². The average molecular weight is 374 g/mol. The highest BCUT2D eigenvalue weighted by molar-refractivity contribution is 5.89. The van der Waals surface area contributed by atoms with Gasteiger partial charge in [0.15, 0.2) is 6.04 Å². The quantitative estimate of drug-likeness (QED) is 0.648. The van der Waals surface area contributed by atoms with Crippen molar-refractivity contribution in [3.63, 3.8) is 0 Å². The maximum atomic E-state index is 12.5. The smallest absolute Gasteiger partial charge is 0.411 e. The number of nitrogens with zero attached hydrogens (tertiary/aromatic N) is 1. The number of rotatable bonds is 5. The van der Waals surface area contributed by atoms with Gasteiger partial charge in [-0.25, -0.2) is 9.59 Å². The number of likely N-dealkylation sites (tertiary alicyclic amines) is 1. The largest absolute Gasteiger partial charge is 0.480 e. The molecule has 9 nitrogen and oxygen atoms in total. The van der Waals surface area contributed by atoms with E-state index >= 15 is 0 Å². The number of hydrogen-bond acceptors (Lipinski definition) is 6. The van der Waals surface area contributed by atoms with Gasteiger partial charge in [0.1, 0.15) is 11.6 Å². The van der Waals surface area contributed by atoms with Gasteiger partial charge >= 0.3 is 12.1 Å². The number of nitrogens with one attached hydrogen (secondary N) is 1. The molecule has 0 aromatic carbocycles. The van der Waals surface area contributed by atoms with Gasteiger partial charge in [0.25, 0.3) is 0 Å². The molecule has 0 spiro atoms. The fourth-order valence-electron chi connectivity index (χ4n) is 2.36. The minimum absolute atomic E-state index is 0.0115. The minimum atomic E-state index is -1.26. The van der Waals surface area contributed by atoms with E-state index in [1.807, 2.05) is 0 Å². The third-order valence-corrected chi connectivity index (χ3v) is 3.51. The predicted octanol–water partition coefficient (Wildman–Crippen LogP) is 0.741. The fourth-order valence-corrected chi connectivity index (χ4v) is 2.36. The number of β-amino-alcohol motifs (C(OH)–C–C–N with tert-alkyl or cyclic N) is 1. The summed E-state index contributed by atoms with van der Waals surface area (Å²) in [5.41, 5.74) is -1.32. The van der Waals surface area contributed by atoms with Gasteiger partial charge in [-0.15, -0.1) is 0 Å². The van der Waals surface area contributed by atoms with Crippen LogP contribution in [0.2, 0.25) is 0 Å². The molecular formula is C17H30N2O7. The van der Waals surface area contributed by atoms with E-state index in [0.29, 0.717) is 0 Å². The van der Waals surface area contributed by atoms with Gasteiger partial charge in [0.2, 0.25) is 5.91 Å². The van der Waals surface area contributed by atoms with Crippen molar-refractivity contribution in [1.29, 1.82) is 0 Å². The van der Waals surface area contributed by atoms with Crippen LogP contribution in [0.15, 0.2) is 0 Å². The zero-order valence-corrected chi connectivity index (χ0v) is 16.2. The summed E-state index contributed by atoms with van der Waals surface area (Å²) in [6.45, 7) is 10.1. The average Bonchev–Trinajstić information content (AvgIpc) is 2.82. The van der Waals surface area contributed by atoms with Gasteiger partial charge in [0, 0.05) is 6.42 Å². The van der Waals surface area contributed by atoms with Crippen LogP contribution < -0.4 is 5.32 Å². The summed E-state index contributed by atoms with van der Waals surface area (Å²) in [7, 11) is 0. The molecule has 26 heavy (non-hydrogen) atoms. The number of aliphatic hydroxyl groups is 1. The summed E-state index contributed by atoms with van der Waals surface area (Å²) < 4.78 is 10.7. The molecule has 1 aliphatic heterocycles. The highest BCUT2D eigenvalue weighted by atomic mass is 16.6. The Morgan fingerprint density at radius 1 is 1.15 bits per heavy atom. The summed E-state index contributed by atoms with van der Waals surface area (Å²) in [5.74, 6) is -1.91. The molecule has 0 aromatic rings. The number of aliphatic carboxylic acids is 1. The number of hydrogen-bond donors (Lipinski definition) is 3. The summed E-state index contributed by atoms with van der Waals surface area (Å²) in [6, 6.07) is -2.27. The van der Waals surface area contributed by atoms with Crippen molar-refractivity contribution >= 4 is 18.0 Å². The van der Waals surface area contributed by atoms with Crippen LogP contribution in [0.5, 0.6) is 0 Å². The van der Waals surface area contributed by atoms with Crippen LogP contribution in [0.4, 0.5) is 4.79 Å². The zero-order chi connectivity index (χ0) is 20.3. The first-order valence-electron chi connectivity index (χ1n) is 8.54. The second kappa shape index (κ2) is 8.22. The Morgan fingerprint density at radius 2 is 1.73 bits per heavy atom. The second-order valence-electron chi connectivity index (χ2n) is 8.36. The molecule has 3 atom stereocenters. The van der Waals surface area contributed by atoms with Crippen molar-refractivity contribution in [2.45, 2.75) is 77.4 Å². The summed E-state index contributed by atoms with van der Waals surface area (Å²) in [4.78, 5) is 37.3. The lowest BCUT2D eigenvalue weighted by Crippen LogP contribution is -2.53. The Hall–Kier alpha value is -1.87. The number of carbonyl (C=O) groups excluding carboxylic acids is 2. The van der Waals surface area contributed by atoms with E-state index in [1.54, 1.807) is 41.5 Å². The molecule has 0 aliphatic carbocycles. The first kappa shape index (κ1) is 22.2. The van der Waals surface area contributed by atoms with Crippen LogP contribution in [-0.4, -0.2) is 75.6 Å². The third-order valence-electron chi connectivity index (χ3n) is 3.51. The molecule has 0 bridgehead atoms. The van der Waals surface area contributed by atoms with E-state index in [0.717, 1.165) is 4.90 Å². The molecule has 1 unspecified atom stereocenters. The first-order valence-corrected chi connectivity index (χ1v) is 8.54. The number of amides is 2. The SMILES string of the molecule is CC(C)(C)OC[C@H](NC(=O)C1C[C@H](O)CN1C(=O)OC(C)(C)C)C(=O)O. The van der Waals surface area contributed by atoms with Crippen molar-refractivity contribution in [3.05, 3.63) is 0 Å². The molecule has 1 fully saturated rings. The standard InChI is InChI=1S/C17H30N2O7/c1-16(2,3)25-9-11(14(22)23)18-13(21)12-7-10(20)8-19(12)15(24)26-17(4,5)6/h10-12,20H,7-9H2,1-6H3,(H,18,21)(H,22,23)/t10-,11-,12?/m0/s1. The Morgan fingerprint density at radius 3 is 2.19 bits per heavy atom. The number of carboxylic acids is 1. The molecule has 150 valence electrons. The number of carboxylic acid groups (broad SMARTS) is 1. The molecule has 0 radical (unpaired) electrons.